The first-order valence-corrected chi connectivity index (χ1v) is 8.00. The molecule has 1 amide bonds. The second-order valence-corrected chi connectivity index (χ2v) is 6.35. The minimum atomic E-state index is -0.0722. The van der Waals surface area contributed by atoms with Crippen LogP contribution in [0, 0.1) is 0 Å². The van der Waals surface area contributed by atoms with Crippen LogP contribution in [-0.4, -0.2) is 10.9 Å². The van der Waals surface area contributed by atoms with E-state index in [9.17, 15) is 4.79 Å². The number of rotatable bonds is 4. The van der Waals surface area contributed by atoms with Crippen LogP contribution >= 0.6 is 11.3 Å². The monoisotopic (exact) mass is 302 g/mol. The molecule has 0 unspecified atom stereocenters. The first-order valence-electron chi connectivity index (χ1n) is 7.18. The van der Waals surface area contributed by atoms with Crippen molar-refractivity contribution in [2.75, 3.05) is 5.32 Å². The lowest BCUT2D eigenvalue weighted by molar-refractivity contribution is -0.114. The van der Waals surface area contributed by atoms with Crippen LogP contribution in [-0.2, 0) is 24.2 Å². The molecule has 1 aliphatic carbocycles. The van der Waals surface area contributed by atoms with Crippen molar-refractivity contribution in [2.45, 2.75) is 39.2 Å². The number of thiazole rings is 1. The number of ether oxygens (including phenoxy) is 1. The molecule has 21 heavy (non-hydrogen) atoms. The van der Waals surface area contributed by atoms with Crippen molar-refractivity contribution in [3.05, 3.63) is 39.8 Å². The van der Waals surface area contributed by atoms with Crippen LogP contribution in [0.25, 0.3) is 0 Å². The summed E-state index contributed by atoms with van der Waals surface area (Å²) in [7, 11) is 0. The van der Waals surface area contributed by atoms with Gasteiger partial charge in [-0.25, -0.2) is 4.98 Å². The van der Waals surface area contributed by atoms with Gasteiger partial charge >= 0.3 is 0 Å². The Kier molecular flexibility index (Phi) is 4.20. The van der Waals surface area contributed by atoms with Crippen molar-refractivity contribution in [3.63, 3.8) is 0 Å². The maximum Gasteiger partial charge on any atom is 0.221 e. The zero-order valence-electron chi connectivity index (χ0n) is 12.0. The molecule has 1 heterocycles. The summed E-state index contributed by atoms with van der Waals surface area (Å²) in [6, 6.07) is 7.39. The highest BCUT2D eigenvalue weighted by Crippen LogP contribution is 2.27. The molecule has 2 aromatic rings. The number of benzene rings is 1. The lowest BCUT2D eigenvalue weighted by atomic mass is 10.0. The normalized spacial score (nSPS) is 13.6. The Hall–Kier alpha value is -1.88. The summed E-state index contributed by atoms with van der Waals surface area (Å²) in [5, 5.41) is 3.78. The van der Waals surface area contributed by atoms with E-state index in [2.05, 4.69) is 10.3 Å². The quantitative estimate of drug-likeness (QED) is 0.939. The molecule has 0 bridgehead atoms. The Morgan fingerprint density at radius 2 is 2.05 bits per heavy atom. The summed E-state index contributed by atoms with van der Waals surface area (Å²) in [5.41, 5.74) is 2.05. The number of nitrogens with one attached hydrogen (secondary N) is 1. The lowest BCUT2D eigenvalue weighted by Crippen LogP contribution is -2.05. The number of aromatic nitrogens is 1. The predicted octanol–water partition coefficient (Wildman–Crippen LogP) is 3.56. The Morgan fingerprint density at radius 3 is 2.76 bits per heavy atom. The van der Waals surface area contributed by atoms with Crippen LogP contribution in [0.3, 0.4) is 0 Å². The Bertz CT molecular complexity index is 611. The van der Waals surface area contributed by atoms with Crippen LogP contribution in [0.4, 0.5) is 5.69 Å². The summed E-state index contributed by atoms with van der Waals surface area (Å²) in [4.78, 5) is 17.0. The molecule has 110 valence electrons. The van der Waals surface area contributed by atoms with Gasteiger partial charge in [0.2, 0.25) is 5.91 Å². The summed E-state index contributed by atoms with van der Waals surface area (Å²) in [5.74, 6) is 0.717. The third-order valence-electron chi connectivity index (χ3n) is 3.43. The van der Waals surface area contributed by atoms with Gasteiger partial charge in [-0.1, -0.05) is 0 Å². The molecule has 0 saturated carbocycles. The Morgan fingerprint density at radius 1 is 1.29 bits per heavy atom. The van der Waals surface area contributed by atoms with Crippen molar-refractivity contribution in [2.24, 2.45) is 0 Å². The molecular formula is C16H18N2O2S. The highest BCUT2D eigenvalue weighted by Gasteiger charge is 2.15. The van der Waals surface area contributed by atoms with Crippen LogP contribution in [0.15, 0.2) is 24.3 Å². The maximum absolute atomic E-state index is 11.0. The lowest BCUT2D eigenvalue weighted by Gasteiger charge is -2.06. The van der Waals surface area contributed by atoms with E-state index in [1.54, 1.807) is 11.3 Å². The van der Waals surface area contributed by atoms with Crippen molar-refractivity contribution < 1.29 is 9.53 Å². The molecule has 1 N–H and O–H groups in total. The minimum absolute atomic E-state index is 0.0722. The molecule has 1 aromatic heterocycles. The van der Waals surface area contributed by atoms with E-state index in [1.807, 2.05) is 24.3 Å². The highest BCUT2D eigenvalue weighted by molar-refractivity contribution is 7.11. The first kappa shape index (κ1) is 14.1. The Labute approximate surface area is 128 Å². The fraction of sp³-hybridized carbons (Fsp3) is 0.375. The van der Waals surface area contributed by atoms with Crippen molar-refractivity contribution >= 4 is 22.9 Å². The van der Waals surface area contributed by atoms with Crippen LogP contribution in [0.2, 0.25) is 0 Å². The molecule has 0 atom stereocenters. The maximum atomic E-state index is 11.0. The number of hydrogen-bond acceptors (Lipinski definition) is 4. The standard InChI is InChI=1S/C16H18N2O2S/c1-11(19)17-12-6-8-13(9-7-12)20-10-16-18-14-4-2-3-5-15(14)21-16/h6-9H,2-5,10H2,1H3,(H,17,19). The van der Waals surface area contributed by atoms with Gasteiger partial charge < -0.3 is 10.1 Å². The third kappa shape index (κ3) is 3.61. The number of carbonyl (C=O) groups excluding carboxylic acids is 1. The SMILES string of the molecule is CC(=O)Nc1ccc(OCc2nc3c(s2)CCCC3)cc1. The van der Waals surface area contributed by atoms with E-state index in [1.165, 1.54) is 36.8 Å². The summed E-state index contributed by atoms with van der Waals surface area (Å²) < 4.78 is 5.76. The zero-order chi connectivity index (χ0) is 14.7. The van der Waals surface area contributed by atoms with Crippen LogP contribution < -0.4 is 10.1 Å². The summed E-state index contributed by atoms with van der Waals surface area (Å²) in [6.45, 7) is 2.01. The van der Waals surface area contributed by atoms with Crippen molar-refractivity contribution in [1.82, 2.24) is 4.98 Å². The average Bonchev–Trinajstić information content (AvgIpc) is 2.89. The molecule has 0 spiro atoms. The second kappa shape index (κ2) is 6.26. The van der Waals surface area contributed by atoms with Gasteiger partial charge in [-0.3, -0.25) is 4.79 Å². The largest absolute Gasteiger partial charge is 0.486 e. The molecule has 1 aliphatic rings. The van der Waals surface area contributed by atoms with E-state index < -0.39 is 0 Å². The number of nitrogens with zero attached hydrogens (tertiary/aromatic N) is 1. The number of amides is 1. The summed E-state index contributed by atoms with van der Waals surface area (Å²) in [6.07, 6.45) is 4.80. The topological polar surface area (TPSA) is 51.2 Å². The number of anilines is 1. The van der Waals surface area contributed by atoms with Gasteiger partial charge in [-0.05, 0) is 49.9 Å². The van der Waals surface area contributed by atoms with Gasteiger partial charge in [0.15, 0.2) is 0 Å². The number of hydrogen-bond donors (Lipinski definition) is 1. The first-order chi connectivity index (χ1) is 10.2. The minimum Gasteiger partial charge on any atom is -0.486 e. The fourth-order valence-corrected chi connectivity index (χ4v) is 3.52. The molecule has 4 nitrogen and oxygen atoms in total. The molecule has 0 fully saturated rings. The number of fused-ring (bicyclic) bond motifs is 1. The van der Waals surface area contributed by atoms with E-state index in [4.69, 9.17) is 4.74 Å². The Balaban J connectivity index is 1.59. The molecular weight excluding hydrogens is 284 g/mol. The zero-order valence-corrected chi connectivity index (χ0v) is 12.8. The van der Waals surface area contributed by atoms with Gasteiger partial charge in [0, 0.05) is 17.5 Å². The van der Waals surface area contributed by atoms with Gasteiger partial charge in [-0.15, -0.1) is 11.3 Å². The fourth-order valence-electron chi connectivity index (χ4n) is 2.45. The van der Waals surface area contributed by atoms with Crippen molar-refractivity contribution in [1.29, 1.82) is 0 Å². The van der Waals surface area contributed by atoms with Crippen LogP contribution in [0.5, 0.6) is 5.75 Å². The van der Waals surface area contributed by atoms with Crippen molar-refractivity contribution in [3.8, 4) is 5.75 Å². The smallest absolute Gasteiger partial charge is 0.221 e. The molecule has 1 aromatic carbocycles. The molecule has 3 rings (SSSR count). The van der Waals surface area contributed by atoms with E-state index in [0.29, 0.717) is 6.61 Å². The predicted molar refractivity (Wildman–Crippen MR) is 83.8 cm³/mol. The molecule has 0 aliphatic heterocycles. The molecule has 0 radical (unpaired) electrons. The average molecular weight is 302 g/mol. The van der Waals surface area contributed by atoms with E-state index >= 15 is 0 Å². The van der Waals surface area contributed by atoms with Gasteiger partial charge in [-0.2, -0.15) is 0 Å². The number of carbonyl (C=O) groups is 1. The second-order valence-electron chi connectivity index (χ2n) is 5.18. The van der Waals surface area contributed by atoms with Gasteiger partial charge in [0.1, 0.15) is 17.4 Å². The summed E-state index contributed by atoms with van der Waals surface area (Å²) >= 11 is 1.77. The number of aryl methyl sites for hydroxylation is 2. The van der Waals surface area contributed by atoms with Crippen LogP contribution in [0.1, 0.15) is 35.3 Å². The van der Waals surface area contributed by atoms with Gasteiger partial charge in [0.25, 0.3) is 0 Å². The highest BCUT2D eigenvalue weighted by atomic mass is 32.1. The molecule has 0 saturated heterocycles. The molecule has 5 heteroatoms. The van der Waals surface area contributed by atoms with Gasteiger partial charge in [0.05, 0.1) is 5.69 Å². The van der Waals surface area contributed by atoms with E-state index in [0.717, 1.165) is 22.9 Å². The third-order valence-corrected chi connectivity index (χ3v) is 4.56. The van der Waals surface area contributed by atoms with E-state index in [-0.39, 0.29) is 5.91 Å².